The lowest BCUT2D eigenvalue weighted by Gasteiger charge is -2.26. The Morgan fingerprint density at radius 2 is 2.08 bits per heavy atom. The van der Waals surface area contributed by atoms with Gasteiger partial charge in [0.1, 0.15) is 18.2 Å². The van der Waals surface area contributed by atoms with E-state index in [9.17, 15) is 9.59 Å². The molecule has 0 saturated carbocycles. The van der Waals surface area contributed by atoms with E-state index < -0.39 is 17.8 Å². The number of nitrogens with zero attached hydrogens (tertiary/aromatic N) is 4. The Bertz CT molecular complexity index is 1330. The first kappa shape index (κ1) is 26.4. The van der Waals surface area contributed by atoms with E-state index >= 15 is 4.39 Å². The number of fused-ring (bicyclic) bond motifs is 1. The van der Waals surface area contributed by atoms with Gasteiger partial charge in [-0.15, -0.1) is 0 Å². The molecule has 0 unspecified atom stereocenters. The number of likely N-dealkylation sites (tertiary alicyclic amines) is 1. The molecule has 2 aromatic carbocycles. The number of carbonyl (C=O) groups is 2. The van der Waals surface area contributed by atoms with Crippen LogP contribution in [-0.4, -0.2) is 72.6 Å². The van der Waals surface area contributed by atoms with Gasteiger partial charge >= 0.3 is 0 Å². The van der Waals surface area contributed by atoms with Gasteiger partial charge in [-0.2, -0.15) is 0 Å². The minimum atomic E-state index is -0.616. The van der Waals surface area contributed by atoms with E-state index in [4.69, 9.17) is 26.8 Å². The Labute approximate surface area is 218 Å². The van der Waals surface area contributed by atoms with Crippen LogP contribution in [0.5, 0.6) is 11.5 Å². The largest absolute Gasteiger partial charge is 0.493 e. The van der Waals surface area contributed by atoms with Crippen molar-refractivity contribution in [3.63, 3.8) is 0 Å². The average molecular weight is 531 g/mol. The smallest absolute Gasteiger partial charge is 0.234 e. The number of benzene rings is 2. The van der Waals surface area contributed by atoms with Crippen LogP contribution in [0.15, 0.2) is 36.7 Å². The van der Waals surface area contributed by atoms with E-state index in [-0.39, 0.29) is 35.8 Å². The van der Waals surface area contributed by atoms with Crippen LogP contribution in [0.4, 0.5) is 15.9 Å². The fraction of sp³-hybridized carbons (Fsp3) is 0.360. The minimum absolute atomic E-state index is 0.0413. The Balaban J connectivity index is 1.77. The second kappa shape index (κ2) is 11.1. The molecule has 196 valence electrons. The van der Waals surface area contributed by atoms with E-state index in [2.05, 4.69) is 15.3 Å². The molecule has 2 heterocycles. The van der Waals surface area contributed by atoms with Crippen molar-refractivity contribution in [2.24, 2.45) is 5.73 Å². The Kier molecular flexibility index (Phi) is 7.94. The Hall–Kier alpha value is -3.70. The highest BCUT2D eigenvalue weighted by atomic mass is 35.5. The summed E-state index contributed by atoms with van der Waals surface area (Å²) in [4.78, 5) is 35.5. The fourth-order valence-electron chi connectivity index (χ4n) is 4.45. The zero-order chi connectivity index (χ0) is 26.7. The van der Waals surface area contributed by atoms with Crippen molar-refractivity contribution in [1.29, 1.82) is 0 Å². The van der Waals surface area contributed by atoms with Crippen molar-refractivity contribution >= 4 is 45.8 Å². The van der Waals surface area contributed by atoms with Crippen LogP contribution >= 0.6 is 11.6 Å². The van der Waals surface area contributed by atoms with Crippen LogP contribution in [0, 0.1) is 5.82 Å². The van der Waals surface area contributed by atoms with Crippen molar-refractivity contribution in [2.45, 2.75) is 25.5 Å². The molecule has 37 heavy (non-hydrogen) atoms. The number of nitrogens with two attached hydrogens (primary N) is 1. The van der Waals surface area contributed by atoms with Crippen LogP contribution in [0.1, 0.15) is 13.3 Å². The molecule has 10 nitrogen and oxygen atoms in total. The van der Waals surface area contributed by atoms with Crippen LogP contribution in [-0.2, 0) is 9.59 Å². The summed E-state index contributed by atoms with van der Waals surface area (Å²) >= 11 is 6.08. The number of primary amides is 1. The second-order valence-electron chi connectivity index (χ2n) is 8.76. The molecule has 0 spiro atoms. The molecule has 1 saturated heterocycles. The molecule has 3 aromatic rings. The number of anilines is 2. The molecular weight excluding hydrogens is 503 g/mol. The summed E-state index contributed by atoms with van der Waals surface area (Å²) in [5, 5.41) is 3.25. The Morgan fingerprint density at radius 1 is 1.30 bits per heavy atom. The van der Waals surface area contributed by atoms with E-state index in [1.807, 2.05) is 11.9 Å². The molecule has 0 bridgehead atoms. The van der Waals surface area contributed by atoms with Crippen molar-refractivity contribution in [3.05, 3.63) is 47.5 Å². The highest BCUT2D eigenvalue weighted by Gasteiger charge is 2.35. The maximum Gasteiger partial charge on any atom is 0.234 e. The van der Waals surface area contributed by atoms with Crippen LogP contribution in [0.3, 0.4) is 0 Å². The number of methoxy groups -OCH3 is 1. The number of hydrogen-bond acceptors (Lipinski definition) is 8. The van der Waals surface area contributed by atoms with Gasteiger partial charge in [-0.25, -0.2) is 14.4 Å². The van der Waals surface area contributed by atoms with Crippen LogP contribution in [0.2, 0.25) is 5.02 Å². The number of ether oxygens (including phenoxy) is 2. The number of hydrogen-bond donors (Lipinski definition) is 2. The predicted octanol–water partition coefficient (Wildman–Crippen LogP) is 2.64. The summed E-state index contributed by atoms with van der Waals surface area (Å²) in [6.45, 7) is 2.35. The lowest BCUT2D eigenvalue weighted by molar-refractivity contribution is -0.122. The molecule has 2 atom stereocenters. The first-order chi connectivity index (χ1) is 17.7. The highest BCUT2D eigenvalue weighted by molar-refractivity contribution is 6.31. The maximum atomic E-state index is 15.1. The molecular formula is C25H28ClFN6O4. The van der Waals surface area contributed by atoms with Crippen molar-refractivity contribution in [2.75, 3.05) is 38.7 Å². The lowest BCUT2D eigenvalue weighted by Crippen LogP contribution is -2.37. The normalized spacial score (nSPS) is 17.5. The van der Waals surface area contributed by atoms with Gasteiger partial charge in [0.25, 0.3) is 0 Å². The monoisotopic (exact) mass is 530 g/mol. The number of rotatable bonds is 9. The number of amides is 2. The van der Waals surface area contributed by atoms with Gasteiger partial charge in [0.2, 0.25) is 11.8 Å². The molecule has 1 aliphatic heterocycles. The number of carbonyl (C=O) groups excluding carboxylic acids is 2. The quantitative estimate of drug-likeness (QED) is 0.433. The molecule has 12 heteroatoms. The van der Waals surface area contributed by atoms with Gasteiger partial charge in [0.05, 0.1) is 29.4 Å². The summed E-state index contributed by atoms with van der Waals surface area (Å²) in [7, 11) is 3.33. The molecule has 4 rings (SSSR count). The summed E-state index contributed by atoms with van der Waals surface area (Å²) in [5.41, 5.74) is 6.25. The zero-order valence-electron chi connectivity index (χ0n) is 20.7. The number of aromatic nitrogens is 2. The van der Waals surface area contributed by atoms with Gasteiger partial charge < -0.3 is 25.4 Å². The van der Waals surface area contributed by atoms with E-state index in [0.29, 0.717) is 41.2 Å². The third-order valence-corrected chi connectivity index (χ3v) is 6.51. The van der Waals surface area contributed by atoms with Crippen molar-refractivity contribution in [1.82, 2.24) is 20.2 Å². The topological polar surface area (TPSA) is 123 Å². The van der Waals surface area contributed by atoms with Gasteiger partial charge in [-0.1, -0.05) is 17.7 Å². The summed E-state index contributed by atoms with van der Waals surface area (Å²) < 4.78 is 26.9. The summed E-state index contributed by atoms with van der Waals surface area (Å²) in [5.74, 6) is 0.0187. The standard InChI is InChI=1S/C25H28ClFN6O4/c1-14(34)29-7-8-33(19-6-4-5-17(26)23(19)27)25-16-10-22(21(36-3)11-18(16)30-13-31-25)37-15-9-20(24(28)35)32(2)12-15/h4-6,10-11,13,15,20H,7-9,12H2,1-3H3,(H2,28,35)(H,29,34)/t15-,20+/m0/s1. The van der Waals surface area contributed by atoms with Crippen LogP contribution < -0.4 is 25.4 Å². The molecule has 1 aliphatic rings. The molecule has 2 amide bonds. The third kappa shape index (κ3) is 5.67. The first-order valence-electron chi connectivity index (χ1n) is 11.6. The van der Waals surface area contributed by atoms with Crippen LogP contribution in [0.25, 0.3) is 10.9 Å². The second-order valence-corrected chi connectivity index (χ2v) is 9.17. The zero-order valence-corrected chi connectivity index (χ0v) is 21.5. The fourth-order valence-corrected chi connectivity index (χ4v) is 4.62. The highest BCUT2D eigenvalue weighted by Crippen LogP contribution is 2.39. The molecule has 1 aromatic heterocycles. The molecule has 0 radical (unpaired) electrons. The lowest BCUT2D eigenvalue weighted by atomic mass is 10.1. The van der Waals surface area contributed by atoms with E-state index in [1.165, 1.54) is 26.4 Å². The third-order valence-electron chi connectivity index (χ3n) is 6.22. The SMILES string of the molecule is COc1cc2ncnc(N(CCNC(C)=O)c3cccc(Cl)c3F)c2cc1O[C@H]1C[C@H](C(N)=O)N(C)C1. The van der Waals surface area contributed by atoms with Crippen molar-refractivity contribution in [3.8, 4) is 11.5 Å². The minimum Gasteiger partial charge on any atom is -0.493 e. The van der Waals surface area contributed by atoms with Gasteiger partial charge in [-0.05, 0) is 25.2 Å². The van der Waals surface area contributed by atoms with Gasteiger partial charge in [0.15, 0.2) is 17.3 Å². The Morgan fingerprint density at radius 3 is 2.76 bits per heavy atom. The van der Waals surface area contributed by atoms with E-state index in [0.717, 1.165) is 0 Å². The summed E-state index contributed by atoms with van der Waals surface area (Å²) in [6, 6.07) is 7.70. The summed E-state index contributed by atoms with van der Waals surface area (Å²) in [6.07, 6.45) is 1.50. The number of nitrogens with one attached hydrogen (secondary N) is 1. The first-order valence-corrected chi connectivity index (χ1v) is 12.0. The molecule has 3 N–H and O–H groups in total. The number of likely N-dealkylation sites (N-methyl/N-ethyl adjacent to an activating group) is 1. The van der Waals surface area contributed by atoms with Gasteiger partial charge in [0, 0.05) is 44.4 Å². The average Bonchev–Trinajstić information content (AvgIpc) is 3.23. The predicted molar refractivity (Wildman–Crippen MR) is 138 cm³/mol. The number of halogens is 2. The van der Waals surface area contributed by atoms with Gasteiger partial charge in [-0.3, -0.25) is 14.5 Å². The molecule has 1 fully saturated rings. The molecule has 0 aliphatic carbocycles. The van der Waals surface area contributed by atoms with Crippen molar-refractivity contribution < 1.29 is 23.5 Å². The maximum absolute atomic E-state index is 15.1. The van der Waals surface area contributed by atoms with E-state index in [1.54, 1.807) is 29.2 Å².